The molecule has 2 heterocycles. The molecule has 0 amide bonds. The second-order valence-corrected chi connectivity index (χ2v) is 6.55. The van der Waals surface area contributed by atoms with E-state index in [1.54, 1.807) is 0 Å². The van der Waals surface area contributed by atoms with Gasteiger partial charge in [-0.3, -0.25) is 4.90 Å². The van der Waals surface area contributed by atoms with Crippen molar-refractivity contribution in [2.75, 3.05) is 19.7 Å². The van der Waals surface area contributed by atoms with E-state index in [1.165, 1.54) is 0 Å². The fourth-order valence-corrected chi connectivity index (χ4v) is 2.47. The van der Waals surface area contributed by atoms with Crippen molar-refractivity contribution in [3.8, 4) is 0 Å². The molecule has 0 aliphatic rings. The molecule has 0 aromatic carbocycles. The Morgan fingerprint density at radius 3 is 2.75 bits per heavy atom. The first-order chi connectivity index (χ1) is 9.48. The zero-order valence-electron chi connectivity index (χ0n) is 12.7. The van der Waals surface area contributed by atoms with Crippen LogP contribution in [0.25, 0.3) is 5.65 Å². The number of aliphatic hydroxyl groups excluding tert-OH is 1. The van der Waals surface area contributed by atoms with Crippen molar-refractivity contribution in [3.63, 3.8) is 0 Å². The van der Waals surface area contributed by atoms with E-state index >= 15 is 0 Å². The first-order valence-corrected chi connectivity index (χ1v) is 7.24. The van der Waals surface area contributed by atoms with E-state index in [2.05, 4.69) is 41.3 Å². The summed E-state index contributed by atoms with van der Waals surface area (Å²) in [6, 6.07) is 6.03. The third-order valence-corrected chi connectivity index (χ3v) is 3.13. The molecule has 1 N–H and O–H groups in total. The van der Waals surface area contributed by atoms with Crippen molar-refractivity contribution in [1.82, 2.24) is 14.3 Å². The van der Waals surface area contributed by atoms with Crippen LogP contribution in [0, 0.1) is 5.41 Å². The molecule has 0 bridgehead atoms. The van der Waals surface area contributed by atoms with Gasteiger partial charge in [0.15, 0.2) is 0 Å². The van der Waals surface area contributed by atoms with Crippen LogP contribution in [0.5, 0.6) is 0 Å². The summed E-state index contributed by atoms with van der Waals surface area (Å²) in [5.74, 6) is 0. The fourth-order valence-electron chi connectivity index (χ4n) is 2.47. The van der Waals surface area contributed by atoms with Crippen LogP contribution >= 0.6 is 0 Å². The van der Waals surface area contributed by atoms with Crippen molar-refractivity contribution in [1.29, 1.82) is 0 Å². The summed E-state index contributed by atoms with van der Waals surface area (Å²) in [5.41, 5.74) is 2.31. The summed E-state index contributed by atoms with van der Waals surface area (Å²) in [6.07, 6.45) is 4.92. The molecule has 0 unspecified atom stereocenters. The van der Waals surface area contributed by atoms with Gasteiger partial charge in [-0.2, -0.15) is 0 Å². The van der Waals surface area contributed by atoms with E-state index in [-0.39, 0.29) is 12.0 Å². The first-order valence-electron chi connectivity index (χ1n) is 7.24. The number of rotatable bonds is 6. The summed E-state index contributed by atoms with van der Waals surface area (Å²) in [4.78, 5) is 7.02. The number of pyridine rings is 1. The van der Waals surface area contributed by atoms with Crippen molar-refractivity contribution in [3.05, 3.63) is 36.3 Å². The van der Waals surface area contributed by atoms with Crippen LogP contribution in [0.15, 0.2) is 30.6 Å². The molecule has 2 aromatic rings. The molecule has 0 aliphatic carbocycles. The third kappa shape index (κ3) is 4.32. The number of hydrogen-bond donors (Lipinski definition) is 1. The fraction of sp³-hybridized carbons (Fsp3) is 0.562. The van der Waals surface area contributed by atoms with Gasteiger partial charge in [-0.25, -0.2) is 4.98 Å². The number of imidazole rings is 1. The van der Waals surface area contributed by atoms with Crippen LogP contribution in [0.2, 0.25) is 0 Å². The maximum absolute atomic E-state index is 9.05. The Kier molecular flexibility index (Phi) is 4.78. The molecular weight excluding hydrogens is 250 g/mol. The SMILES string of the molecule is CC(C)(C)CN(CCCO)Cc1cn2ccccc2n1. The average Bonchev–Trinajstić information content (AvgIpc) is 2.76. The van der Waals surface area contributed by atoms with Gasteiger partial charge in [-0.1, -0.05) is 26.8 Å². The van der Waals surface area contributed by atoms with E-state index in [0.29, 0.717) is 0 Å². The Hall–Kier alpha value is -1.39. The zero-order chi connectivity index (χ0) is 14.6. The maximum Gasteiger partial charge on any atom is 0.137 e. The topological polar surface area (TPSA) is 40.8 Å². The van der Waals surface area contributed by atoms with Crippen molar-refractivity contribution in [2.24, 2.45) is 5.41 Å². The number of aromatic nitrogens is 2. The lowest BCUT2D eigenvalue weighted by Crippen LogP contribution is -2.33. The average molecular weight is 275 g/mol. The summed E-state index contributed by atoms with van der Waals surface area (Å²) in [5, 5.41) is 9.05. The maximum atomic E-state index is 9.05. The van der Waals surface area contributed by atoms with Gasteiger partial charge in [0.2, 0.25) is 0 Å². The lowest BCUT2D eigenvalue weighted by molar-refractivity contribution is 0.165. The Labute approximate surface area is 121 Å². The van der Waals surface area contributed by atoms with Crippen LogP contribution in [-0.2, 0) is 6.54 Å². The molecule has 20 heavy (non-hydrogen) atoms. The predicted octanol–water partition coefficient (Wildman–Crippen LogP) is 2.56. The van der Waals surface area contributed by atoms with Gasteiger partial charge in [-0.15, -0.1) is 0 Å². The van der Waals surface area contributed by atoms with Gasteiger partial charge in [0.25, 0.3) is 0 Å². The molecule has 0 saturated carbocycles. The molecule has 0 radical (unpaired) electrons. The monoisotopic (exact) mass is 275 g/mol. The van der Waals surface area contributed by atoms with Crippen molar-refractivity contribution >= 4 is 5.65 Å². The molecule has 2 aromatic heterocycles. The molecule has 4 heteroatoms. The third-order valence-electron chi connectivity index (χ3n) is 3.13. The van der Waals surface area contributed by atoms with E-state index in [0.717, 1.165) is 37.4 Å². The molecule has 110 valence electrons. The van der Waals surface area contributed by atoms with E-state index < -0.39 is 0 Å². The van der Waals surface area contributed by atoms with Gasteiger partial charge < -0.3 is 9.51 Å². The summed E-state index contributed by atoms with van der Waals surface area (Å²) in [6.45, 7) is 9.70. The van der Waals surface area contributed by atoms with E-state index in [4.69, 9.17) is 5.11 Å². The number of hydrogen-bond acceptors (Lipinski definition) is 3. The van der Waals surface area contributed by atoms with E-state index in [9.17, 15) is 0 Å². The normalized spacial score (nSPS) is 12.4. The molecule has 2 rings (SSSR count). The summed E-state index contributed by atoms with van der Waals surface area (Å²) >= 11 is 0. The Bertz CT molecular complexity index is 509. The highest BCUT2D eigenvalue weighted by Gasteiger charge is 2.17. The molecule has 0 aliphatic heterocycles. The number of nitrogens with zero attached hydrogens (tertiary/aromatic N) is 3. The quantitative estimate of drug-likeness (QED) is 0.881. The standard InChI is InChI=1S/C16H25N3O/c1-16(2,3)13-18(8-6-10-20)11-14-12-19-9-5-4-7-15(19)17-14/h4-5,7,9,12,20H,6,8,10-11,13H2,1-3H3. The van der Waals surface area contributed by atoms with Crippen LogP contribution in [0.1, 0.15) is 32.9 Å². The Morgan fingerprint density at radius 2 is 2.10 bits per heavy atom. The van der Waals surface area contributed by atoms with Gasteiger partial charge in [0.05, 0.1) is 5.69 Å². The highest BCUT2D eigenvalue weighted by atomic mass is 16.3. The summed E-state index contributed by atoms with van der Waals surface area (Å²) < 4.78 is 2.05. The minimum absolute atomic E-state index is 0.242. The molecule has 0 saturated heterocycles. The van der Waals surface area contributed by atoms with Gasteiger partial charge >= 0.3 is 0 Å². The van der Waals surface area contributed by atoms with Crippen LogP contribution in [0.3, 0.4) is 0 Å². The minimum atomic E-state index is 0.242. The first kappa shape index (κ1) is 15.0. The van der Waals surface area contributed by atoms with Crippen LogP contribution in [0.4, 0.5) is 0 Å². The highest BCUT2D eigenvalue weighted by molar-refractivity contribution is 5.39. The number of fused-ring (bicyclic) bond motifs is 1. The summed E-state index contributed by atoms with van der Waals surface area (Å²) in [7, 11) is 0. The second-order valence-electron chi connectivity index (χ2n) is 6.55. The molecular formula is C16H25N3O. The minimum Gasteiger partial charge on any atom is -0.396 e. The van der Waals surface area contributed by atoms with Gasteiger partial charge in [-0.05, 0) is 24.0 Å². The highest BCUT2D eigenvalue weighted by Crippen LogP contribution is 2.17. The van der Waals surface area contributed by atoms with Crippen LogP contribution in [-0.4, -0.2) is 39.1 Å². The molecule has 0 spiro atoms. The largest absolute Gasteiger partial charge is 0.396 e. The van der Waals surface area contributed by atoms with Crippen molar-refractivity contribution < 1.29 is 5.11 Å². The Morgan fingerprint density at radius 1 is 1.30 bits per heavy atom. The van der Waals surface area contributed by atoms with Gasteiger partial charge in [0.1, 0.15) is 5.65 Å². The molecule has 4 nitrogen and oxygen atoms in total. The second kappa shape index (κ2) is 6.37. The zero-order valence-corrected chi connectivity index (χ0v) is 12.7. The predicted molar refractivity (Wildman–Crippen MR) is 81.6 cm³/mol. The lowest BCUT2D eigenvalue weighted by atomic mass is 9.96. The molecule has 0 fully saturated rings. The van der Waals surface area contributed by atoms with Crippen LogP contribution < -0.4 is 0 Å². The van der Waals surface area contributed by atoms with Crippen molar-refractivity contribution in [2.45, 2.75) is 33.7 Å². The van der Waals surface area contributed by atoms with E-state index in [1.807, 2.05) is 24.4 Å². The molecule has 0 atom stereocenters. The smallest absolute Gasteiger partial charge is 0.137 e. The van der Waals surface area contributed by atoms with Gasteiger partial charge in [0, 0.05) is 38.6 Å². The lowest BCUT2D eigenvalue weighted by Gasteiger charge is -2.29. The number of aliphatic hydroxyl groups is 1. The Balaban J connectivity index is 2.09.